The van der Waals surface area contributed by atoms with Crippen molar-refractivity contribution in [2.45, 2.75) is 13.0 Å². The number of nitrogens with one attached hydrogen (secondary N) is 1. The number of carbonyl (C=O) groups excluding carboxylic acids is 2. The summed E-state index contributed by atoms with van der Waals surface area (Å²) in [6, 6.07) is 9.93. The Morgan fingerprint density at radius 1 is 1.15 bits per heavy atom. The fourth-order valence-corrected chi connectivity index (χ4v) is 0.936. The highest BCUT2D eigenvalue weighted by Crippen LogP contribution is 1.90. The molecule has 1 amide bonds. The van der Waals surface area contributed by atoms with Crippen LogP contribution in [0.5, 0.6) is 0 Å². The van der Waals surface area contributed by atoms with Crippen molar-refractivity contribution in [3.8, 4) is 0 Å². The van der Waals surface area contributed by atoms with Crippen molar-refractivity contribution in [2.75, 3.05) is 0 Å². The van der Waals surface area contributed by atoms with Gasteiger partial charge in [0.25, 0.3) is 0 Å². The number of benzene rings is 1. The molecule has 0 saturated carbocycles. The number of amides is 1. The van der Waals surface area contributed by atoms with E-state index in [1.54, 1.807) is 5.32 Å². The summed E-state index contributed by atoms with van der Waals surface area (Å²) in [7, 11) is 0. The van der Waals surface area contributed by atoms with Gasteiger partial charge in [-0.1, -0.05) is 36.4 Å². The molecule has 1 aromatic rings. The van der Waals surface area contributed by atoms with Crippen molar-refractivity contribution in [1.82, 2.24) is 5.32 Å². The van der Waals surface area contributed by atoms with Crippen LogP contribution >= 0.6 is 0 Å². The highest BCUT2D eigenvalue weighted by molar-refractivity contribution is 6.01. The average molecular weight is 284 g/mol. The smallest absolute Gasteiger partial charge is 0.337 e. The first kappa shape index (κ1) is 17.0. The van der Waals surface area contributed by atoms with Gasteiger partial charge in [-0.3, -0.25) is 9.59 Å². The highest BCUT2D eigenvalue weighted by atomic mass is 17.0. The molecule has 9 heteroatoms. The fraction of sp³-hybridized carbons (Fsp3) is 0.182. The molecule has 0 fully saturated rings. The highest BCUT2D eigenvalue weighted by Gasteiger charge is 2.29. The Morgan fingerprint density at radius 3 is 1.80 bits per heavy atom. The zero-order valence-corrected chi connectivity index (χ0v) is 10.4. The number of carboxylic acids is 1. The Hall–Kier alpha value is -2.97. The molecule has 0 radical (unpaired) electrons. The number of hydrogen-bond acceptors (Lipinski definition) is 6. The molecule has 1 atom stereocenters. The summed E-state index contributed by atoms with van der Waals surface area (Å²) < 4.78 is 0. The predicted molar refractivity (Wildman–Crippen MR) is 64.8 cm³/mol. The molecule has 0 saturated heterocycles. The Balaban J connectivity index is 0.000000493. The Morgan fingerprint density at radius 2 is 1.55 bits per heavy atom. The third-order valence-corrected chi connectivity index (χ3v) is 1.66. The molecular weight excluding hydrogens is 272 g/mol. The van der Waals surface area contributed by atoms with Crippen molar-refractivity contribution in [1.29, 1.82) is 0 Å². The third-order valence-electron chi connectivity index (χ3n) is 1.66. The predicted octanol–water partition coefficient (Wildman–Crippen LogP) is -0.00280. The number of carboxylic acid groups (broad SMARTS) is 1. The summed E-state index contributed by atoms with van der Waals surface area (Å²) in [6.07, 6.45) is 0. The molecule has 1 aromatic carbocycles. The zero-order chi connectivity index (χ0) is 15.5. The topological polar surface area (TPSA) is 136 Å². The lowest BCUT2D eigenvalue weighted by Gasteiger charge is -2.09. The van der Waals surface area contributed by atoms with Crippen LogP contribution in [0, 0.1) is 10.1 Å². The van der Waals surface area contributed by atoms with Crippen molar-refractivity contribution < 1.29 is 29.4 Å². The summed E-state index contributed by atoms with van der Waals surface area (Å²) >= 11 is 0. The lowest BCUT2D eigenvalue weighted by atomic mass is 10.3. The molecule has 0 spiro atoms. The van der Waals surface area contributed by atoms with Gasteiger partial charge in [0, 0.05) is 6.92 Å². The normalized spacial score (nSPS) is 10.2. The van der Waals surface area contributed by atoms with E-state index in [4.69, 9.17) is 5.11 Å². The van der Waals surface area contributed by atoms with Gasteiger partial charge >= 0.3 is 17.0 Å². The number of carbonyl (C=O) groups is 3. The quantitative estimate of drug-likeness (QED) is 0.451. The summed E-state index contributed by atoms with van der Waals surface area (Å²) in [5, 5.41) is 18.3. The maximum Gasteiger partial charge on any atom is 0.337 e. The van der Waals surface area contributed by atoms with Crippen LogP contribution in [0.4, 0.5) is 0 Å². The van der Waals surface area contributed by atoms with Crippen LogP contribution in [-0.4, -0.2) is 34.1 Å². The van der Waals surface area contributed by atoms with Crippen LogP contribution in [0.15, 0.2) is 36.4 Å². The van der Waals surface area contributed by atoms with E-state index >= 15 is 0 Å². The zero-order valence-electron chi connectivity index (χ0n) is 10.4. The SMILES string of the molecule is CC(=O)NC(C(=O)O)C(=O)O[N+](=O)[O-].c1ccccc1. The van der Waals surface area contributed by atoms with Crippen molar-refractivity contribution in [2.24, 2.45) is 0 Å². The van der Waals surface area contributed by atoms with Crippen LogP contribution in [0.2, 0.25) is 0 Å². The lowest BCUT2D eigenvalue weighted by Crippen LogP contribution is -2.47. The number of rotatable bonds is 4. The number of aliphatic carboxylic acids is 1. The van der Waals surface area contributed by atoms with Gasteiger partial charge in [0.15, 0.2) is 0 Å². The van der Waals surface area contributed by atoms with E-state index in [0.717, 1.165) is 6.92 Å². The van der Waals surface area contributed by atoms with Gasteiger partial charge < -0.3 is 10.4 Å². The Bertz CT molecular complexity index is 448. The maximum absolute atomic E-state index is 10.7. The van der Waals surface area contributed by atoms with Gasteiger partial charge in [-0.2, -0.15) is 0 Å². The summed E-state index contributed by atoms with van der Waals surface area (Å²) in [5.41, 5.74) is 0. The summed E-state index contributed by atoms with van der Waals surface area (Å²) in [6.45, 7) is 0.954. The van der Waals surface area contributed by atoms with Crippen LogP contribution in [0.1, 0.15) is 6.92 Å². The standard InChI is InChI=1S/C6H6.C5H6N2O7/c1-2-4-6-5-3-1;1-2(8)6-3(4(9)10)5(11)14-7(12)13/h1-6H;3H,1H3,(H,6,8)(H,9,10). The lowest BCUT2D eigenvalue weighted by molar-refractivity contribution is -0.729. The summed E-state index contributed by atoms with van der Waals surface area (Å²) in [4.78, 5) is 44.4. The largest absolute Gasteiger partial charge is 0.479 e. The average Bonchev–Trinajstić information content (AvgIpc) is 2.37. The van der Waals surface area contributed by atoms with Crippen molar-refractivity contribution in [3.63, 3.8) is 0 Å². The molecule has 0 aromatic heterocycles. The van der Waals surface area contributed by atoms with Crippen LogP contribution in [0.25, 0.3) is 0 Å². The molecule has 0 aliphatic rings. The van der Waals surface area contributed by atoms with Crippen LogP contribution < -0.4 is 5.32 Å². The number of nitrogens with zero attached hydrogens (tertiary/aromatic N) is 1. The minimum absolute atomic E-state index is 0.822. The van der Waals surface area contributed by atoms with Crippen LogP contribution in [0.3, 0.4) is 0 Å². The fourth-order valence-electron chi connectivity index (χ4n) is 0.936. The second kappa shape index (κ2) is 9.03. The van der Waals surface area contributed by atoms with E-state index in [1.807, 2.05) is 36.4 Å². The molecule has 9 nitrogen and oxygen atoms in total. The van der Waals surface area contributed by atoms with Crippen molar-refractivity contribution >= 4 is 17.8 Å². The molecule has 108 valence electrons. The first-order valence-corrected chi connectivity index (χ1v) is 5.20. The maximum atomic E-state index is 10.7. The molecule has 0 bridgehead atoms. The van der Waals surface area contributed by atoms with E-state index in [2.05, 4.69) is 4.84 Å². The minimum Gasteiger partial charge on any atom is -0.479 e. The molecule has 1 rings (SSSR count). The molecule has 0 heterocycles. The van der Waals surface area contributed by atoms with E-state index in [0.29, 0.717) is 0 Å². The molecular formula is C11H12N2O7. The van der Waals surface area contributed by atoms with E-state index in [9.17, 15) is 24.5 Å². The molecule has 1 unspecified atom stereocenters. The van der Waals surface area contributed by atoms with E-state index in [-0.39, 0.29) is 0 Å². The molecule has 20 heavy (non-hydrogen) atoms. The molecule has 0 aliphatic carbocycles. The monoisotopic (exact) mass is 284 g/mol. The first-order chi connectivity index (χ1) is 9.34. The van der Waals surface area contributed by atoms with Gasteiger partial charge in [-0.15, -0.1) is 10.1 Å². The summed E-state index contributed by atoms with van der Waals surface area (Å²) in [5.74, 6) is -4.23. The van der Waals surface area contributed by atoms with Crippen molar-refractivity contribution in [3.05, 3.63) is 46.5 Å². The van der Waals surface area contributed by atoms with E-state index in [1.165, 1.54) is 0 Å². The third kappa shape index (κ3) is 8.17. The Labute approximate surface area is 113 Å². The first-order valence-electron chi connectivity index (χ1n) is 5.20. The van der Waals surface area contributed by atoms with Gasteiger partial charge in [0.05, 0.1) is 0 Å². The van der Waals surface area contributed by atoms with Gasteiger partial charge in [-0.05, 0) is 0 Å². The number of hydrogen-bond donors (Lipinski definition) is 2. The molecule has 2 N–H and O–H groups in total. The Kier molecular flexibility index (Phi) is 7.69. The van der Waals surface area contributed by atoms with Gasteiger partial charge in [-0.25, -0.2) is 9.63 Å². The minimum atomic E-state index is -2.07. The second-order valence-electron chi connectivity index (χ2n) is 3.26. The van der Waals surface area contributed by atoms with E-state index < -0.39 is 29.0 Å². The van der Waals surface area contributed by atoms with Gasteiger partial charge in [0.1, 0.15) is 0 Å². The molecule has 0 aliphatic heterocycles. The van der Waals surface area contributed by atoms with Gasteiger partial charge in [0.2, 0.25) is 11.9 Å². The second-order valence-corrected chi connectivity index (χ2v) is 3.26. The van der Waals surface area contributed by atoms with Crippen LogP contribution in [-0.2, 0) is 19.2 Å².